The molecule has 0 spiro atoms. The van der Waals surface area contributed by atoms with Crippen LogP contribution in [0.3, 0.4) is 0 Å². The maximum atomic E-state index is 14.0. The molecule has 13 heteroatoms. The van der Waals surface area contributed by atoms with Gasteiger partial charge in [0.15, 0.2) is 22.9 Å². The number of halogens is 2. The van der Waals surface area contributed by atoms with Crippen molar-refractivity contribution in [2.75, 3.05) is 34.0 Å². The molecule has 1 aliphatic rings. The third-order valence-corrected chi connectivity index (χ3v) is 8.23. The number of fused-ring (bicyclic) bond motifs is 1. The Morgan fingerprint density at radius 2 is 1.83 bits per heavy atom. The summed E-state index contributed by atoms with van der Waals surface area (Å²) in [5, 5.41) is 0. The Bertz CT molecular complexity index is 1740. The summed E-state index contributed by atoms with van der Waals surface area (Å²) >= 11 is 8.19. The number of carbonyl (C=O) groups is 2. The Morgan fingerprint density at radius 1 is 1.07 bits per heavy atom. The highest BCUT2D eigenvalue weighted by atomic mass is 79.9. The zero-order valence-corrected chi connectivity index (χ0v) is 27.5. The second-order valence-corrected chi connectivity index (χ2v) is 11.6. The van der Waals surface area contributed by atoms with E-state index in [1.54, 1.807) is 45.2 Å². The highest BCUT2D eigenvalue weighted by Gasteiger charge is 2.34. The SMILES string of the molecule is CCOC(=O)C1=C(C)N=c2s/c(=C/c3cc(Br)cc(Br)c3OC)c(=O)n2[C@H]1c1ccc(OCC(=O)OC)c(OCC)c1. The van der Waals surface area contributed by atoms with Gasteiger partial charge in [-0.3, -0.25) is 9.36 Å². The fraction of sp³-hybridized carbons (Fsp3) is 0.310. The molecule has 10 nitrogen and oxygen atoms in total. The number of aromatic nitrogens is 1. The van der Waals surface area contributed by atoms with Gasteiger partial charge in [0.05, 0.1) is 53.8 Å². The summed E-state index contributed by atoms with van der Waals surface area (Å²) in [6.07, 6.45) is 1.73. The van der Waals surface area contributed by atoms with E-state index in [1.165, 1.54) is 23.0 Å². The number of esters is 2. The second kappa shape index (κ2) is 13.7. The Kier molecular flexibility index (Phi) is 10.3. The average Bonchev–Trinajstić information content (AvgIpc) is 3.25. The van der Waals surface area contributed by atoms with E-state index in [0.717, 1.165) is 8.95 Å². The molecule has 0 fully saturated rings. The molecule has 4 rings (SSSR count). The van der Waals surface area contributed by atoms with Crippen LogP contribution in [0.15, 0.2) is 60.3 Å². The van der Waals surface area contributed by atoms with Gasteiger partial charge in [-0.1, -0.05) is 33.3 Å². The lowest BCUT2D eigenvalue weighted by molar-refractivity contribution is -0.143. The van der Waals surface area contributed by atoms with Crippen molar-refractivity contribution in [3.05, 3.63) is 81.4 Å². The molecule has 0 amide bonds. The molecule has 0 saturated carbocycles. The fourth-order valence-corrected chi connectivity index (χ4v) is 6.89. The summed E-state index contributed by atoms with van der Waals surface area (Å²) in [6, 6.07) is 7.85. The molecule has 0 N–H and O–H groups in total. The van der Waals surface area contributed by atoms with Crippen LogP contribution >= 0.6 is 43.2 Å². The van der Waals surface area contributed by atoms with Crippen molar-refractivity contribution < 1.29 is 33.3 Å². The van der Waals surface area contributed by atoms with Crippen molar-refractivity contribution in [2.45, 2.75) is 26.8 Å². The smallest absolute Gasteiger partial charge is 0.343 e. The zero-order chi connectivity index (χ0) is 30.6. The first-order valence-corrected chi connectivity index (χ1v) is 15.2. The first-order valence-electron chi connectivity index (χ1n) is 12.8. The summed E-state index contributed by atoms with van der Waals surface area (Å²) in [6.45, 7) is 5.37. The summed E-state index contributed by atoms with van der Waals surface area (Å²) < 4.78 is 30.4. The molecular formula is C29H28Br2N2O8S. The summed E-state index contributed by atoms with van der Waals surface area (Å²) in [7, 11) is 2.82. The highest BCUT2D eigenvalue weighted by molar-refractivity contribution is 9.11. The third kappa shape index (κ3) is 6.47. The maximum Gasteiger partial charge on any atom is 0.343 e. The van der Waals surface area contributed by atoms with Crippen molar-refractivity contribution >= 4 is 61.2 Å². The zero-order valence-electron chi connectivity index (χ0n) is 23.5. The van der Waals surface area contributed by atoms with Crippen LogP contribution in [0.5, 0.6) is 17.2 Å². The second-order valence-electron chi connectivity index (χ2n) is 8.82. The molecule has 3 aromatic rings. The first-order chi connectivity index (χ1) is 20.1. The van der Waals surface area contributed by atoms with Gasteiger partial charge in [0.2, 0.25) is 0 Å². The molecule has 0 aliphatic carbocycles. The van der Waals surface area contributed by atoms with E-state index in [0.29, 0.717) is 50.0 Å². The van der Waals surface area contributed by atoms with Gasteiger partial charge in [-0.05, 0) is 72.6 Å². The van der Waals surface area contributed by atoms with E-state index in [4.69, 9.17) is 18.9 Å². The number of allylic oxidation sites excluding steroid dienone is 1. The maximum absolute atomic E-state index is 14.0. The standard InChI is InChI=1S/C29H28Br2N2O8S/c1-6-39-21-11-16(8-9-20(21)41-14-23(34)37-4)25-24(28(36)40-7-2)15(3)32-29-33(25)27(35)22(42-29)12-17-10-18(30)13-19(31)26(17)38-5/h8-13,25H,6-7,14H2,1-5H3/b22-12+/t25-/m0/s1. The topological polar surface area (TPSA) is 115 Å². The van der Waals surface area contributed by atoms with Gasteiger partial charge >= 0.3 is 11.9 Å². The fourth-order valence-electron chi connectivity index (χ4n) is 4.43. The van der Waals surface area contributed by atoms with Crippen molar-refractivity contribution in [1.82, 2.24) is 4.57 Å². The number of thiazole rings is 1. The van der Waals surface area contributed by atoms with Gasteiger partial charge in [-0.25, -0.2) is 14.6 Å². The number of rotatable bonds is 10. The van der Waals surface area contributed by atoms with Gasteiger partial charge in [0, 0.05) is 10.0 Å². The minimum Gasteiger partial charge on any atom is -0.495 e. The Hall–Kier alpha value is -3.42. The van der Waals surface area contributed by atoms with E-state index >= 15 is 0 Å². The number of methoxy groups -OCH3 is 2. The van der Waals surface area contributed by atoms with Crippen molar-refractivity contribution in [2.24, 2.45) is 4.99 Å². The van der Waals surface area contributed by atoms with Gasteiger partial charge in [0.1, 0.15) is 5.75 Å². The number of ether oxygens (including phenoxy) is 5. The van der Waals surface area contributed by atoms with Crippen LogP contribution in [0.4, 0.5) is 0 Å². The van der Waals surface area contributed by atoms with Crippen LogP contribution in [0.25, 0.3) is 6.08 Å². The Balaban J connectivity index is 1.94. The lowest BCUT2D eigenvalue weighted by Crippen LogP contribution is -2.40. The Morgan fingerprint density at radius 3 is 2.50 bits per heavy atom. The van der Waals surface area contributed by atoms with Crippen LogP contribution < -0.4 is 29.1 Å². The minimum absolute atomic E-state index is 0.148. The molecule has 0 saturated heterocycles. The predicted octanol–water partition coefficient (Wildman–Crippen LogP) is 4.28. The first kappa shape index (κ1) is 31.5. The molecule has 0 unspecified atom stereocenters. The molecule has 42 heavy (non-hydrogen) atoms. The van der Waals surface area contributed by atoms with Gasteiger partial charge < -0.3 is 23.7 Å². The number of hydrogen-bond donors (Lipinski definition) is 0. The van der Waals surface area contributed by atoms with E-state index in [-0.39, 0.29) is 24.3 Å². The highest BCUT2D eigenvalue weighted by Crippen LogP contribution is 2.37. The van der Waals surface area contributed by atoms with Gasteiger partial charge in [-0.2, -0.15) is 0 Å². The molecule has 1 atom stereocenters. The molecule has 0 bridgehead atoms. The number of hydrogen-bond acceptors (Lipinski definition) is 10. The summed E-state index contributed by atoms with van der Waals surface area (Å²) in [5.74, 6) is 0.0742. The molecule has 1 aromatic heterocycles. The van der Waals surface area contributed by atoms with E-state index in [9.17, 15) is 14.4 Å². The summed E-state index contributed by atoms with van der Waals surface area (Å²) in [5.41, 5.74) is 1.55. The molecule has 222 valence electrons. The van der Waals surface area contributed by atoms with E-state index in [1.807, 2.05) is 19.1 Å². The minimum atomic E-state index is -0.868. The Labute approximate surface area is 262 Å². The average molecular weight is 724 g/mol. The van der Waals surface area contributed by atoms with E-state index in [2.05, 4.69) is 41.6 Å². The number of nitrogens with zero attached hydrogens (tertiary/aromatic N) is 2. The molecular weight excluding hydrogens is 696 g/mol. The number of carbonyl (C=O) groups excluding carboxylic acids is 2. The lowest BCUT2D eigenvalue weighted by atomic mass is 9.95. The van der Waals surface area contributed by atoms with E-state index < -0.39 is 18.0 Å². The van der Waals surface area contributed by atoms with Crippen molar-refractivity contribution in [3.8, 4) is 17.2 Å². The normalized spacial score (nSPS) is 14.6. The molecule has 2 heterocycles. The third-order valence-electron chi connectivity index (χ3n) is 6.20. The molecule has 2 aromatic carbocycles. The monoisotopic (exact) mass is 722 g/mol. The van der Waals surface area contributed by atoms with Crippen LogP contribution in [-0.4, -0.2) is 50.5 Å². The van der Waals surface area contributed by atoms with Crippen LogP contribution in [0.2, 0.25) is 0 Å². The number of benzene rings is 2. The quantitative estimate of drug-likeness (QED) is 0.285. The largest absolute Gasteiger partial charge is 0.495 e. The summed E-state index contributed by atoms with van der Waals surface area (Å²) in [4.78, 5) is 44.0. The lowest BCUT2D eigenvalue weighted by Gasteiger charge is -2.25. The molecule has 0 radical (unpaired) electrons. The van der Waals surface area contributed by atoms with Gasteiger partial charge in [0.25, 0.3) is 5.56 Å². The van der Waals surface area contributed by atoms with Crippen LogP contribution in [-0.2, 0) is 19.1 Å². The van der Waals surface area contributed by atoms with Gasteiger partial charge in [-0.15, -0.1) is 0 Å². The predicted molar refractivity (Wildman–Crippen MR) is 164 cm³/mol. The van der Waals surface area contributed by atoms with Crippen molar-refractivity contribution in [3.63, 3.8) is 0 Å². The van der Waals surface area contributed by atoms with Crippen molar-refractivity contribution in [1.29, 1.82) is 0 Å². The van der Waals surface area contributed by atoms with Crippen LogP contribution in [0, 0.1) is 0 Å². The van der Waals surface area contributed by atoms with Crippen LogP contribution in [0.1, 0.15) is 37.9 Å². The molecule has 1 aliphatic heterocycles.